The summed E-state index contributed by atoms with van der Waals surface area (Å²) in [4.78, 5) is 0. The summed E-state index contributed by atoms with van der Waals surface area (Å²) in [6.07, 6.45) is -0.594. The van der Waals surface area contributed by atoms with Crippen LogP contribution in [0.5, 0.6) is 0 Å². The average molecular weight is 241 g/mol. The summed E-state index contributed by atoms with van der Waals surface area (Å²) in [5, 5.41) is 10.4. The number of nitrogen functional groups attached to an aromatic ring is 1. The highest BCUT2D eigenvalue weighted by Gasteiger charge is 2.11. The van der Waals surface area contributed by atoms with Crippen molar-refractivity contribution < 1.29 is 5.11 Å². The van der Waals surface area contributed by atoms with Crippen LogP contribution in [0.1, 0.15) is 33.9 Å². The minimum Gasteiger partial charge on any atom is -0.399 e. The molecule has 0 saturated carbocycles. The van der Waals surface area contributed by atoms with Crippen LogP contribution in [-0.2, 0) is 0 Å². The number of aliphatic hydroxyl groups excluding tert-OH is 1. The second-order valence-electron chi connectivity index (χ2n) is 4.86. The van der Waals surface area contributed by atoms with Crippen LogP contribution in [0.2, 0.25) is 0 Å². The smallest absolute Gasteiger partial charge is 0.104 e. The number of aliphatic hydroxyl groups is 1. The highest BCUT2D eigenvalue weighted by Crippen LogP contribution is 2.26. The number of benzene rings is 2. The van der Waals surface area contributed by atoms with E-state index in [1.54, 1.807) is 0 Å². The van der Waals surface area contributed by atoms with Crippen LogP contribution in [0.25, 0.3) is 0 Å². The number of hydrogen-bond acceptors (Lipinski definition) is 2. The van der Waals surface area contributed by atoms with Crippen LogP contribution in [0, 0.1) is 20.8 Å². The van der Waals surface area contributed by atoms with Crippen molar-refractivity contribution in [2.75, 3.05) is 5.73 Å². The van der Waals surface area contributed by atoms with Gasteiger partial charge in [-0.2, -0.15) is 0 Å². The van der Waals surface area contributed by atoms with Crippen LogP contribution < -0.4 is 5.73 Å². The number of anilines is 1. The fraction of sp³-hybridized carbons (Fsp3) is 0.250. The average Bonchev–Trinajstić information content (AvgIpc) is 2.35. The Hall–Kier alpha value is -1.80. The summed E-state index contributed by atoms with van der Waals surface area (Å²) in [7, 11) is 0. The molecule has 1 unspecified atom stereocenters. The van der Waals surface area contributed by atoms with Gasteiger partial charge < -0.3 is 10.8 Å². The zero-order valence-corrected chi connectivity index (χ0v) is 11.1. The Kier molecular flexibility index (Phi) is 3.39. The molecule has 1 atom stereocenters. The van der Waals surface area contributed by atoms with Gasteiger partial charge in [0.25, 0.3) is 0 Å². The van der Waals surface area contributed by atoms with E-state index in [-0.39, 0.29) is 0 Å². The zero-order valence-electron chi connectivity index (χ0n) is 11.1. The first-order chi connectivity index (χ1) is 8.49. The third-order valence-corrected chi connectivity index (χ3v) is 3.46. The summed E-state index contributed by atoms with van der Waals surface area (Å²) in [5.41, 5.74) is 11.8. The highest BCUT2D eigenvalue weighted by atomic mass is 16.3. The van der Waals surface area contributed by atoms with Crippen molar-refractivity contribution in [3.05, 3.63) is 64.2 Å². The first kappa shape index (κ1) is 12.7. The van der Waals surface area contributed by atoms with Crippen LogP contribution in [0.4, 0.5) is 5.69 Å². The lowest BCUT2D eigenvalue weighted by molar-refractivity contribution is 0.220. The van der Waals surface area contributed by atoms with E-state index >= 15 is 0 Å². The topological polar surface area (TPSA) is 46.2 Å². The minimum atomic E-state index is -0.594. The Bertz CT molecular complexity index is 524. The predicted octanol–water partition coefficient (Wildman–Crippen LogP) is 3.28. The van der Waals surface area contributed by atoms with Crippen molar-refractivity contribution in [1.29, 1.82) is 0 Å². The predicted molar refractivity (Wildman–Crippen MR) is 75.6 cm³/mol. The van der Waals surface area contributed by atoms with Gasteiger partial charge >= 0.3 is 0 Å². The highest BCUT2D eigenvalue weighted by molar-refractivity contribution is 5.49. The van der Waals surface area contributed by atoms with E-state index in [2.05, 4.69) is 13.8 Å². The molecule has 18 heavy (non-hydrogen) atoms. The largest absolute Gasteiger partial charge is 0.399 e. The van der Waals surface area contributed by atoms with Crippen molar-refractivity contribution >= 4 is 5.69 Å². The van der Waals surface area contributed by atoms with Gasteiger partial charge in [0.15, 0.2) is 0 Å². The number of aryl methyl sites for hydroxylation is 3. The van der Waals surface area contributed by atoms with Gasteiger partial charge in [0.2, 0.25) is 0 Å². The molecule has 0 amide bonds. The number of rotatable bonds is 2. The lowest BCUT2D eigenvalue weighted by Crippen LogP contribution is -2.02. The quantitative estimate of drug-likeness (QED) is 0.793. The summed E-state index contributed by atoms with van der Waals surface area (Å²) in [6.45, 7) is 6.07. The third-order valence-electron chi connectivity index (χ3n) is 3.46. The normalized spacial score (nSPS) is 12.4. The van der Waals surface area contributed by atoms with E-state index in [1.165, 1.54) is 11.1 Å². The molecule has 0 saturated heterocycles. The maximum Gasteiger partial charge on any atom is 0.104 e. The van der Waals surface area contributed by atoms with Crippen molar-refractivity contribution in [3.8, 4) is 0 Å². The monoisotopic (exact) mass is 241 g/mol. The van der Waals surface area contributed by atoms with E-state index in [0.717, 1.165) is 22.4 Å². The molecule has 0 aliphatic rings. The maximum absolute atomic E-state index is 10.4. The summed E-state index contributed by atoms with van der Waals surface area (Å²) < 4.78 is 0. The standard InChI is InChI=1S/C16H19NO/c1-10-4-5-13(8-11(10)2)16(18)14-6-7-15(17)12(3)9-14/h4-9,16,18H,17H2,1-3H3. The molecule has 2 heteroatoms. The van der Waals surface area contributed by atoms with Gasteiger partial charge in [-0.3, -0.25) is 0 Å². The Morgan fingerprint density at radius 2 is 1.39 bits per heavy atom. The molecule has 2 aromatic rings. The van der Waals surface area contributed by atoms with E-state index in [9.17, 15) is 5.11 Å². The molecular weight excluding hydrogens is 222 g/mol. The van der Waals surface area contributed by atoms with E-state index in [0.29, 0.717) is 0 Å². The van der Waals surface area contributed by atoms with Crippen LogP contribution in [0.3, 0.4) is 0 Å². The molecule has 3 N–H and O–H groups in total. The first-order valence-corrected chi connectivity index (χ1v) is 6.10. The zero-order chi connectivity index (χ0) is 13.3. The van der Waals surface area contributed by atoms with Gasteiger partial charge in [-0.05, 0) is 54.7 Å². The molecule has 0 heterocycles. The maximum atomic E-state index is 10.4. The molecule has 94 valence electrons. The second kappa shape index (κ2) is 4.83. The number of nitrogens with two attached hydrogens (primary N) is 1. The van der Waals surface area contributed by atoms with Crippen molar-refractivity contribution in [2.45, 2.75) is 26.9 Å². The Balaban J connectivity index is 2.37. The van der Waals surface area contributed by atoms with Crippen molar-refractivity contribution in [2.24, 2.45) is 0 Å². The van der Waals surface area contributed by atoms with Crippen molar-refractivity contribution in [1.82, 2.24) is 0 Å². The van der Waals surface area contributed by atoms with E-state index in [1.807, 2.05) is 43.3 Å². The SMILES string of the molecule is Cc1ccc(C(O)c2ccc(N)c(C)c2)cc1C. The van der Waals surface area contributed by atoms with Crippen LogP contribution >= 0.6 is 0 Å². The molecule has 0 fully saturated rings. The summed E-state index contributed by atoms with van der Waals surface area (Å²) in [5.74, 6) is 0. The van der Waals surface area contributed by atoms with Gasteiger partial charge in [-0.25, -0.2) is 0 Å². The second-order valence-corrected chi connectivity index (χ2v) is 4.86. The molecule has 2 nitrogen and oxygen atoms in total. The van der Waals surface area contributed by atoms with Gasteiger partial charge in [0.05, 0.1) is 0 Å². The fourth-order valence-electron chi connectivity index (χ4n) is 2.00. The Morgan fingerprint density at radius 3 is 1.94 bits per heavy atom. The molecule has 0 bridgehead atoms. The van der Waals surface area contributed by atoms with E-state index < -0.39 is 6.10 Å². The molecule has 0 spiro atoms. The lowest BCUT2D eigenvalue weighted by Gasteiger charge is -2.14. The fourth-order valence-corrected chi connectivity index (χ4v) is 2.00. The summed E-state index contributed by atoms with van der Waals surface area (Å²) >= 11 is 0. The molecular formula is C16H19NO. The van der Waals surface area contributed by atoms with Gasteiger partial charge in [0, 0.05) is 5.69 Å². The van der Waals surface area contributed by atoms with Crippen LogP contribution in [0.15, 0.2) is 36.4 Å². The summed E-state index contributed by atoms with van der Waals surface area (Å²) in [6, 6.07) is 11.7. The first-order valence-electron chi connectivity index (χ1n) is 6.10. The Labute approximate surface area is 108 Å². The Morgan fingerprint density at radius 1 is 0.833 bits per heavy atom. The van der Waals surface area contributed by atoms with Crippen molar-refractivity contribution in [3.63, 3.8) is 0 Å². The lowest BCUT2D eigenvalue weighted by atomic mass is 9.96. The van der Waals surface area contributed by atoms with Gasteiger partial charge in [-0.1, -0.05) is 30.3 Å². The molecule has 0 radical (unpaired) electrons. The van der Waals surface area contributed by atoms with Gasteiger partial charge in [-0.15, -0.1) is 0 Å². The molecule has 0 aliphatic carbocycles. The van der Waals surface area contributed by atoms with Crippen LogP contribution in [-0.4, -0.2) is 5.11 Å². The minimum absolute atomic E-state index is 0.594. The molecule has 2 rings (SSSR count). The molecule has 2 aromatic carbocycles. The third kappa shape index (κ3) is 2.39. The molecule has 0 aliphatic heterocycles. The van der Waals surface area contributed by atoms with E-state index in [4.69, 9.17) is 5.73 Å². The molecule has 0 aromatic heterocycles. The van der Waals surface area contributed by atoms with Gasteiger partial charge in [0.1, 0.15) is 6.10 Å². The number of hydrogen-bond donors (Lipinski definition) is 2.